The zero-order chi connectivity index (χ0) is 21.7. The minimum atomic E-state index is -3.61. The third-order valence-electron chi connectivity index (χ3n) is 4.38. The van der Waals surface area contributed by atoms with Crippen molar-refractivity contribution in [2.75, 3.05) is 25.5 Å². The molecule has 0 aliphatic carbocycles. The summed E-state index contributed by atoms with van der Waals surface area (Å²) >= 11 is 0. The summed E-state index contributed by atoms with van der Waals surface area (Å²) in [5.74, 6) is 2.05. The van der Waals surface area contributed by atoms with Crippen molar-refractivity contribution in [1.29, 1.82) is 0 Å². The number of carbonyl (C=O) groups excluding carboxylic acids is 2. The van der Waals surface area contributed by atoms with Crippen molar-refractivity contribution in [3.8, 4) is 12.3 Å². The number of terminal acetylenes is 1. The fourth-order valence-corrected chi connectivity index (χ4v) is 4.15. The number of hydrogen-bond donors (Lipinski definition) is 2. The molecule has 0 unspecified atom stereocenters. The Hall–Kier alpha value is -3.64. The van der Waals surface area contributed by atoms with Gasteiger partial charge in [-0.3, -0.25) is 19.3 Å². The minimum absolute atomic E-state index is 0.0315. The maximum atomic E-state index is 12.3. The van der Waals surface area contributed by atoms with Crippen LogP contribution < -0.4 is 10.0 Å². The van der Waals surface area contributed by atoms with Crippen LogP contribution >= 0.6 is 0 Å². The topological polar surface area (TPSA) is 108 Å². The lowest BCUT2D eigenvalue weighted by molar-refractivity contribution is -0.133. The van der Waals surface area contributed by atoms with Crippen molar-refractivity contribution in [2.24, 2.45) is 4.99 Å². The maximum Gasteiger partial charge on any atom is 0.263 e. The highest BCUT2D eigenvalue weighted by atomic mass is 32.2. The summed E-state index contributed by atoms with van der Waals surface area (Å²) in [6, 6.07) is 13.3. The van der Waals surface area contributed by atoms with Crippen LogP contribution in [0.1, 0.15) is 17.5 Å². The van der Waals surface area contributed by atoms with E-state index in [0.29, 0.717) is 16.8 Å². The molecule has 154 valence electrons. The maximum absolute atomic E-state index is 12.3. The zero-order valence-corrected chi connectivity index (χ0v) is 17.1. The van der Waals surface area contributed by atoms with E-state index < -0.39 is 10.0 Å². The molecule has 1 aliphatic heterocycles. The first-order chi connectivity index (χ1) is 14.3. The van der Waals surface area contributed by atoms with Gasteiger partial charge >= 0.3 is 0 Å². The number of hydrogen-bond acceptors (Lipinski definition) is 5. The van der Waals surface area contributed by atoms with Crippen LogP contribution in [0.25, 0.3) is 0 Å². The summed E-state index contributed by atoms with van der Waals surface area (Å²) < 4.78 is 26.5. The average Bonchev–Trinajstić information content (AvgIpc) is 2.98. The Labute approximate surface area is 175 Å². The highest BCUT2D eigenvalue weighted by molar-refractivity contribution is 7.90. The monoisotopic (exact) mass is 424 g/mol. The Morgan fingerprint density at radius 1 is 1.20 bits per heavy atom. The van der Waals surface area contributed by atoms with Gasteiger partial charge in [-0.1, -0.05) is 24.1 Å². The number of carbonyl (C=O) groups is 2. The van der Waals surface area contributed by atoms with Gasteiger partial charge in [0.05, 0.1) is 18.0 Å². The third kappa shape index (κ3) is 4.85. The van der Waals surface area contributed by atoms with Crippen molar-refractivity contribution in [1.82, 2.24) is 9.62 Å². The smallest absolute Gasteiger partial charge is 0.263 e. The van der Waals surface area contributed by atoms with E-state index in [4.69, 9.17) is 6.42 Å². The lowest BCUT2D eigenvalue weighted by Crippen LogP contribution is -2.35. The van der Waals surface area contributed by atoms with E-state index in [9.17, 15) is 18.0 Å². The normalized spacial score (nSPS) is 15.0. The van der Waals surface area contributed by atoms with Crippen molar-refractivity contribution in [3.05, 3.63) is 59.7 Å². The number of amides is 2. The lowest BCUT2D eigenvalue weighted by Gasteiger charge is -2.16. The zero-order valence-electron chi connectivity index (χ0n) is 16.3. The van der Waals surface area contributed by atoms with Crippen LogP contribution in [-0.2, 0) is 19.6 Å². The number of rotatable bonds is 6. The lowest BCUT2D eigenvalue weighted by atomic mass is 10.2. The number of benzene rings is 2. The van der Waals surface area contributed by atoms with Gasteiger partial charge < -0.3 is 10.2 Å². The number of amidine groups is 1. The summed E-state index contributed by atoms with van der Waals surface area (Å²) in [6.07, 6.45) is 5.37. The van der Waals surface area contributed by atoms with Crippen molar-refractivity contribution in [2.45, 2.75) is 11.3 Å². The number of aliphatic imine (C=N–C) groups is 1. The molecule has 0 fully saturated rings. The average molecular weight is 424 g/mol. The van der Waals surface area contributed by atoms with Crippen LogP contribution in [0.15, 0.2) is 58.4 Å². The molecule has 2 aromatic rings. The fourth-order valence-electron chi connectivity index (χ4n) is 2.90. The quantitative estimate of drug-likeness (QED) is 0.679. The van der Waals surface area contributed by atoms with E-state index in [0.717, 1.165) is 0 Å². The molecule has 1 heterocycles. The summed E-state index contributed by atoms with van der Waals surface area (Å²) in [7, 11) is -2.10. The Morgan fingerprint density at radius 3 is 2.73 bits per heavy atom. The van der Waals surface area contributed by atoms with Crippen LogP contribution in [0.2, 0.25) is 0 Å². The standard InChI is InChI=1S/C21H20N4O4S/c1-3-15-7-6-8-16(13-15)23-19(26)14-25(2)20(27)11-12-22-21-17-9-4-5-10-18(17)30(28,29)24-21/h1,4-10,13H,11-12,14H2,2H3,(H,22,24)(H,23,26). The molecule has 30 heavy (non-hydrogen) atoms. The molecule has 2 N–H and O–H groups in total. The van der Waals surface area contributed by atoms with E-state index in [1.165, 1.54) is 18.0 Å². The molecule has 0 aromatic heterocycles. The molecule has 0 saturated carbocycles. The number of fused-ring (bicyclic) bond motifs is 1. The SMILES string of the molecule is C#Cc1cccc(NC(=O)CN(C)C(=O)CCN=C2NS(=O)(=O)c3ccccc32)c1. The van der Waals surface area contributed by atoms with Crippen LogP contribution in [0, 0.1) is 12.3 Å². The summed E-state index contributed by atoms with van der Waals surface area (Å²) in [4.78, 5) is 30.1. The minimum Gasteiger partial charge on any atom is -0.336 e. The van der Waals surface area contributed by atoms with E-state index in [1.807, 2.05) is 0 Å². The van der Waals surface area contributed by atoms with E-state index in [2.05, 4.69) is 21.0 Å². The van der Waals surface area contributed by atoms with Gasteiger partial charge in [-0.15, -0.1) is 6.42 Å². The Balaban J connectivity index is 1.53. The van der Waals surface area contributed by atoms with Crippen molar-refractivity contribution >= 4 is 33.4 Å². The summed E-state index contributed by atoms with van der Waals surface area (Å²) in [5, 5.41) is 2.69. The second kappa shape index (κ2) is 8.80. The van der Waals surface area contributed by atoms with Gasteiger partial charge in [0, 0.05) is 30.3 Å². The van der Waals surface area contributed by atoms with Crippen LogP contribution in [0.4, 0.5) is 5.69 Å². The Kier molecular flexibility index (Phi) is 6.18. The molecule has 1 aliphatic rings. The second-order valence-corrected chi connectivity index (χ2v) is 8.26. The third-order valence-corrected chi connectivity index (χ3v) is 5.77. The highest BCUT2D eigenvalue weighted by Gasteiger charge is 2.30. The molecule has 8 nitrogen and oxygen atoms in total. The van der Waals surface area contributed by atoms with Gasteiger partial charge in [0.15, 0.2) is 0 Å². The molecular formula is C21H20N4O4S. The number of anilines is 1. The molecule has 0 atom stereocenters. The molecule has 0 spiro atoms. The molecule has 0 bridgehead atoms. The number of nitrogens with zero attached hydrogens (tertiary/aromatic N) is 2. The number of nitrogens with one attached hydrogen (secondary N) is 2. The first-order valence-corrected chi connectivity index (χ1v) is 10.6. The largest absolute Gasteiger partial charge is 0.336 e. The van der Waals surface area contributed by atoms with Gasteiger partial charge in [0.25, 0.3) is 10.0 Å². The Bertz CT molecular complexity index is 1170. The molecular weight excluding hydrogens is 404 g/mol. The Morgan fingerprint density at radius 2 is 1.97 bits per heavy atom. The second-order valence-electron chi connectivity index (χ2n) is 6.61. The van der Waals surface area contributed by atoms with Gasteiger partial charge in [0.1, 0.15) is 5.84 Å². The van der Waals surface area contributed by atoms with Crippen LogP contribution in [0.5, 0.6) is 0 Å². The predicted molar refractivity (Wildman–Crippen MR) is 113 cm³/mol. The molecule has 0 radical (unpaired) electrons. The van der Waals surface area contributed by atoms with Gasteiger partial charge in [-0.25, -0.2) is 8.42 Å². The molecule has 3 rings (SSSR count). The van der Waals surface area contributed by atoms with Crippen molar-refractivity contribution < 1.29 is 18.0 Å². The van der Waals surface area contributed by atoms with Crippen molar-refractivity contribution in [3.63, 3.8) is 0 Å². The molecule has 9 heteroatoms. The van der Waals surface area contributed by atoms with Gasteiger partial charge in [0.2, 0.25) is 11.8 Å². The highest BCUT2D eigenvalue weighted by Crippen LogP contribution is 2.22. The molecule has 2 amide bonds. The summed E-state index contributed by atoms with van der Waals surface area (Å²) in [6.45, 7) is -0.0493. The van der Waals surface area contributed by atoms with E-state index in [-0.39, 0.29) is 42.1 Å². The van der Waals surface area contributed by atoms with Crippen LogP contribution in [-0.4, -0.2) is 51.1 Å². The fraction of sp³-hybridized carbons (Fsp3) is 0.190. The number of sulfonamides is 1. The number of likely N-dealkylation sites (N-methyl/N-ethyl adjacent to an activating group) is 1. The van der Waals surface area contributed by atoms with E-state index in [1.54, 1.807) is 42.5 Å². The van der Waals surface area contributed by atoms with Crippen LogP contribution in [0.3, 0.4) is 0 Å². The van der Waals surface area contributed by atoms with Gasteiger partial charge in [-0.05, 0) is 30.3 Å². The first kappa shape index (κ1) is 21.1. The summed E-state index contributed by atoms with van der Waals surface area (Å²) in [5.41, 5.74) is 1.67. The van der Waals surface area contributed by atoms with E-state index >= 15 is 0 Å². The molecule has 2 aromatic carbocycles. The van der Waals surface area contributed by atoms with Gasteiger partial charge in [-0.2, -0.15) is 0 Å². The molecule has 0 saturated heterocycles. The first-order valence-electron chi connectivity index (χ1n) is 9.07. The predicted octanol–water partition coefficient (Wildman–Crippen LogP) is 1.19.